The van der Waals surface area contributed by atoms with Gasteiger partial charge in [-0.3, -0.25) is 9.59 Å². The molecule has 0 radical (unpaired) electrons. The van der Waals surface area contributed by atoms with Gasteiger partial charge in [-0.2, -0.15) is 0 Å². The average Bonchev–Trinajstić information content (AvgIpc) is 2.73. The van der Waals surface area contributed by atoms with E-state index in [0.29, 0.717) is 5.56 Å². The van der Waals surface area contributed by atoms with Crippen LogP contribution >= 0.6 is 0 Å². The molecule has 1 aromatic rings. The molecular weight excluding hydrogens is 371 g/mol. The Kier molecular flexibility index (Phi) is 6.16. The summed E-state index contributed by atoms with van der Waals surface area (Å²) in [7, 11) is 0. The van der Waals surface area contributed by atoms with E-state index < -0.39 is 5.82 Å². The summed E-state index contributed by atoms with van der Waals surface area (Å²) in [4.78, 5) is 27.5. The van der Waals surface area contributed by atoms with Crippen LogP contribution in [0.15, 0.2) is 30.0 Å². The number of carbonyl (C=O) groups excluding carboxylic acids is 2. The van der Waals surface area contributed by atoms with Crippen LogP contribution < -0.4 is 5.32 Å². The summed E-state index contributed by atoms with van der Waals surface area (Å²) in [6.07, 6.45) is 10.6. The van der Waals surface area contributed by atoms with E-state index in [-0.39, 0.29) is 42.3 Å². The minimum atomic E-state index is -0.399. The van der Waals surface area contributed by atoms with Crippen molar-refractivity contribution in [3.05, 3.63) is 41.4 Å². The van der Waals surface area contributed by atoms with Crippen molar-refractivity contribution >= 4 is 17.9 Å². The molecule has 2 aliphatic carbocycles. The second-order valence-corrected chi connectivity index (χ2v) is 8.37. The van der Waals surface area contributed by atoms with Gasteiger partial charge in [0.15, 0.2) is 5.76 Å². The largest absolute Gasteiger partial charge is 0.482 e. The van der Waals surface area contributed by atoms with E-state index in [0.717, 1.165) is 51.4 Å². The molecule has 3 fully saturated rings. The van der Waals surface area contributed by atoms with Crippen LogP contribution in [0.3, 0.4) is 0 Å². The predicted octanol–water partition coefficient (Wildman–Crippen LogP) is 3.79. The molecule has 2 saturated carbocycles. The smallest absolute Gasteiger partial charge is 0.289 e. The summed E-state index contributed by atoms with van der Waals surface area (Å²) >= 11 is 0. The number of carbonyl (C=O) groups is 2. The minimum Gasteiger partial charge on any atom is -0.482 e. The highest BCUT2D eigenvalue weighted by Crippen LogP contribution is 2.33. The lowest BCUT2D eigenvalue weighted by Crippen LogP contribution is -2.57. The molecular formula is C23H29FN2O3. The van der Waals surface area contributed by atoms with Crippen molar-refractivity contribution < 1.29 is 18.7 Å². The van der Waals surface area contributed by atoms with Gasteiger partial charge in [0.1, 0.15) is 18.5 Å². The van der Waals surface area contributed by atoms with Crippen molar-refractivity contribution in [1.29, 1.82) is 0 Å². The lowest BCUT2D eigenvalue weighted by molar-refractivity contribution is -0.152. The highest BCUT2D eigenvalue weighted by atomic mass is 19.1. The number of nitrogens with one attached hydrogen (secondary N) is 1. The maximum atomic E-state index is 14.1. The zero-order valence-electron chi connectivity index (χ0n) is 16.7. The first-order valence-electron chi connectivity index (χ1n) is 10.8. The van der Waals surface area contributed by atoms with E-state index >= 15 is 0 Å². The SMILES string of the molecule is O=C(CN1C(=O)/C(=C/c2ccccc2F)OC2CCCCC21)NC1CCCCC1. The van der Waals surface area contributed by atoms with Gasteiger partial charge in [0.2, 0.25) is 5.91 Å². The van der Waals surface area contributed by atoms with Crippen LogP contribution in [0.4, 0.5) is 4.39 Å². The number of amides is 2. The summed E-state index contributed by atoms with van der Waals surface area (Å²) in [5.74, 6) is -0.704. The zero-order valence-corrected chi connectivity index (χ0v) is 16.7. The molecule has 1 heterocycles. The van der Waals surface area contributed by atoms with Gasteiger partial charge >= 0.3 is 0 Å². The molecule has 2 amide bonds. The molecule has 1 aromatic carbocycles. The highest BCUT2D eigenvalue weighted by molar-refractivity contribution is 5.98. The maximum Gasteiger partial charge on any atom is 0.289 e. The second kappa shape index (κ2) is 8.97. The van der Waals surface area contributed by atoms with Gasteiger partial charge in [-0.15, -0.1) is 0 Å². The van der Waals surface area contributed by atoms with Crippen LogP contribution in [0.5, 0.6) is 0 Å². The number of nitrogens with zero attached hydrogens (tertiary/aromatic N) is 1. The third kappa shape index (κ3) is 4.62. The number of fused-ring (bicyclic) bond motifs is 1. The first kappa shape index (κ1) is 19.9. The van der Waals surface area contributed by atoms with E-state index in [9.17, 15) is 14.0 Å². The van der Waals surface area contributed by atoms with Crippen LogP contribution in [0.2, 0.25) is 0 Å². The fourth-order valence-electron chi connectivity index (χ4n) is 4.77. The van der Waals surface area contributed by atoms with Crippen molar-refractivity contribution in [3.8, 4) is 0 Å². The molecule has 5 nitrogen and oxygen atoms in total. The van der Waals surface area contributed by atoms with Gasteiger partial charge in [0.25, 0.3) is 5.91 Å². The van der Waals surface area contributed by atoms with Crippen LogP contribution in [0.1, 0.15) is 63.4 Å². The van der Waals surface area contributed by atoms with E-state index in [4.69, 9.17) is 4.74 Å². The molecule has 2 unspecified atom stereocenters. The molecule has 4 rings (SSSR count). The van der Waals surface area contributed by atoms with Gasteiger partial charge in [-0.25, -0.2) is 4.39 Å². The monoisotopic (exact) mass is 400 g/mol. The molecule has 3 aliphatic rings. The number of hydrogen-bond donors (Lipinski definition) is 1. The van der Waals surface area contributed by atoms with Gasteiger partial charge in [-0.05, 0) is 44.2 Å². The number of benzene rings is 1. The maximum absolute atomic E-state index is 14.1. The summed E-state index contributed by atoms with van der Waals surface area (Å²) in [5.41, 5.74) is 0.316. The number of rotatable bonds is 4. The molecule has 156 valence electrons. The van der Waals surface area contributed by atoms with Crippen molar-refractivity contribution in [2.45, 2.75) is 76.0 Å². The molecule has 29 heavy (non-hydrogen) atoms. The van der Waals surface area contributed by atoms with Crippen molar-refractivity contribution in [2.75, 3.05) is 6.54 Å². The van der Waals surface area contributed by atoms with Crippen LogP contribution in [0, 0.1) is 5.82 Å². The first-order valence-corrected chi connectivity index (χ1v) is 10.8. The van der Waals surface area contributed by atoms with E-state index in [1.54, 1.807) is 23.1 Å². The molecule has 6 heteroatoms. The molecule has 0 aromatic heterocycles. The second-order valence-electron chi connectivity index (χ2n) is 8.37. The van der Waals surface area contributed by atoms with Crippen LogP contribution in [-0.4, -0.2) is 41.4 Å². The van der Waals surface area contributed by atoms with E-state index in [2.05, 4.69) is 5.32 Å². The van der Waals surface area contributed by atoms with Crippen LogP contribution in [-0.2, 0) is 14.3 Å². The Labute approximate surface area is 171 Å². The third-order valence-corrected chi connectivity index (χ3v) is 6.29. The molecule has 0 bridgehead atoms. The lowest BCUT2D eigenvalue weighted by Gasteiger charge is -2.44. The summed E-state index contributed by atoms with van der Waals surface area (Å²) in [6, 6.07) is 6.43. The number of halogens is 1. The minimum absolute atomic E-state index is 0.0362. The summed E-state index contributed by atoms with van der Waals surface area (Å²) in [6.45, 7) is 0.0362. The Hall–Kier alpha value is -2.37. The lowest BCUT2D eigenvalue weighted by atomic mass is 9.89. The highest BCUT2D eigenvalue weighted by Gasteiger charge is 2.42. The van der Waals surface area contributed by atoms with Gasteiger partial charge in [-0.1, -0.05) is 43.9 Å². The molecule has 2 atom stereocenters. The topological polar surface area (TPSA) is 58.6 Å². The Morgan fingerprint density at radius 1 is 1.10 bits per heavy atom. The van der Waals surface area contributed by atoms with Crippen molar-refractivity contribution in [2.24, 2.45) is 0 Å². The molecule has 1 N–H and O–H groups in total. The van der Waals surface area contributed by atoms with Gasteiger partial charge in [0, 0.05) is 11.6 Å². The number of hydrogen-bond acceptors (Lipinski definition) is 3. The molecule has 1 aliphatic heterocycles. The standard InChI is InChI=1S/C23H29FN2O3/c24-18-11-5-4-8-16(18)14-21-23(28)26(19-12-6-7-13-20(19)29-21)15-22(27)25-17-9-2-1-3-10-17/h4-5,8,11,14,17,19-20H,1-3,6-7,9-10,12-13,15H2,(H,25,27)/b21-14-. The normalized spacial score (nSPS) is 26.7. The van der Waals surface area contributed by atoms with Gasteiger partial charge < -0.3 is 15.0 Å². The third-order valence-electron chi connectivity index (χ3n) is 6.29. The van der Waals surface area contributed by atoms with Crippen molar-refractivity contribution in [1.82, 2.24) is 10.2 Å². The Bertz CT molecular complexity index is 788. The van der Waals surface area contributed by atoms with Gasteiger partial charge in [0.05, 0.1) is 6.04 Å². The van der Waals surface area contributed by atoms with E-state index in [1.165, 1.54) is 18.6 Å². The average molecular weight is 400 g/mol. The predicted molar refractivity (Wildman–Crippen MR) is 108 cm³/mol. The number of ether oxygens (including phenoxy) is 1. The first-order chi connectivity index (χ1) is 14.1. The van der Waals surface area contributed by atoms with Crippen molar-refractivity contribution in [3.63, 3.8) is 0 Å². The number of morpholine rings is 1. The zero-order chi connectivity index (χ0) is 20.2. The quantitative estimate of drug-likeness (QED) is 0.783. The Morgan fingerprint density at radius 3 is 2.62 bits per heavy atom. The molecule has 1 saturated heterocycles. The van der Waals surface area contributed by atoms with E-state index in [1.807, 2.05) is 0 Å². The summed E-state index contributed by atoms with van der Waals surface area (Å²) in [5, 5.41) is 3.10. The summed E-state index contributed by atoms with van der Waals surface area (Å²) < 4.78 is 20.1. The van der Waals surface area contributed by atoms with Crippen LogP contribution in [0.25, 0.3) is 6.08 Å². The fourth-order valence-corrected chi connectivity index (χ4v) is 4.77. The molecule has 0 spiro atoms. The Morgan fingerprint density at radius 2 is 1.83 bits per heavy atom. The fraction of sp³-hybridized carbons (Fsp3) is 0.565. The Balaban J connectivity index is 1.52.